The molecular formula is C6H10BrClN2O2S2. The molecule has 4 nitrogen and oxygen atoms in total. The summed E-state index contributed by atoms with van der Waals surface area (Å²) in [4.78, 5) is 0. The smallest absolute Gasteiger partial charge is 0.251 e. The molecular weight excluding hydrogens is 312 g/mol. The van der Waals surface area contributed by atoms with Gasteiger partial charge in [-0.2, -0.15) is 0 Å². The molecule has 0 amide bonds. The summed E-state index contributed by atoms with van der Waals surface area (Å²) in [6.07, 6.45) is 0. The minimum absolute atomic E-state index is 0. The van der Waals surface area contributed by atoms with Gasteiger partial charge in [-0.1, -0.05) is 0 Å². The highest BCUT2D eigenvalue weighted by molar-refractivity contribution is 9.10. The van der Waals surface area contributed by atoms with Crippen molar-refractivity contribution in [3.63, 3.8) is 0 Å². The zero-order chi connectivity index (χ0) is 9.90. The Kier molecular flexibility index (Phi) is 6.19. The van der Waals surface area contributed by atoms with Crippen LogP contribution >= 0.6 is 39.7 Å². The number of sulfonamides is 1. The van der Waals surface area contributed by atoms with Crippen LogP contribution in [0.15, 0.2) is 20.1 Å². The Balaban J connectivity index is 0.00000169. The van der Waals surface area contributed by atoms with Crippen LogP contribution in [0, 0.1) is 0 Å². The normalized spacial score (nSPS) is 11.0. The van der Waals surface area contributed by atoms with Gasteiger partial charge in [-0.25, -0.2) is 13.1 Å². The van der Waals surface area contributed by atoms with Crippen molar-refractivity contribution in [1.82, 2.24) is 4.72 Å². The molecule has 0 aliphatic heterocycles. The van der Waals surface area contributed by atoms with Crippen LogP contribution in [-0.2, 0) is 10.0 Å². The van der Waals surface area contributed by atoms with E-state index < -0.39 is 10.0 Å². The standard InChI is InChI=1S/C6H9BrN2O2S2.ClH/c7-5-1-4-12-6(5)13(10,11)9-3-2-8;/h1,4,9H,2-3,8H2;1H. The molecule has 0 radical (unpaired) electrons. The van der Waals surface area contributed by atoms with Crippen LogP contribution in [0.1, 0.15) is 0 Å². The predicted octanol–water partition coefficient (Wildman–Crippen LogP) is 1.17. The van der Waals surface area contributed by atoms with Gasteiger partial charge in [0.15, 0.2) is 0 Å². The van der Waals surface area contributed by atoms with Crippen LogP contribution in [0.4, 0.5) is 0 Å². The van der Waals surface area contributed by atoms with Gasteiger partial charge in [0.25, 0.3) is 10.0 Å². The van der Waals surface area contributed by atoms with Gasteiger partial charge in [0, 0.05) is 17.6 Å². The first kappa shape index (κ1) is 14.3. The van der Waals surface area contributed by atoms with Crippen LogP contribution < -0.4 is 10.5 Å². The first-order valence-corrected chi connectivity index (χ1v) is 6.66. The number of hydrogen-bond acceptors (Lipinski definition) is 4. The zero-order valence-electron chi connectivity index (χ0n) is 7.07. The van der Waals surface area contributed by atoms with Gasteiger partial charge >= 0.3 is 0 Å². The van der Waals surface area contributed by atoms with E-state index in [4.69, 9.17) is 5.73 Å². The Labute approximate surface area is 101 Å². The summed E-state index contributed by atoms with van der Waals surface area (Å²) in [5, 5.41) is 1.71. The molecule has 1 aromatic rings. The Morgan fingerprint density at radius 1 is 1.57 bits per heavy atom. The SMILES string of the molecule is Cl.NCCNS(=O)(=O)c1sccc1Br. The highest BCUT2D eigenvalue weighted by Gasteiger charge is 2.17. The average Bonchev–Trinajstić information content (AvgIpc) is 2.48. The lowest BCUT2D eigenvalue weighted by Crippen LogP contribution is -2.28. The summed E-state index contributed by atoms with van der Waals surface area (Å²) in [5.74, 6) is 0. The molecule has 0 aliphatic rings. The van der Waals surface area contributed by atoms with Crippen molar-refractivity contribution in [3.8, 4) is 0 Å². The van der Waals surface area contributed by atoms with E-state index in [1.165, 1.54) is 11.3 Å². The van der Waals surface area contributed by atoms with E-state index in [2.05, 4.69) is 20.7 Å². The van der Waals surface area contributed by atoms with Gasteiger partial charge < -0.3 is 5.73 Å². The number of nitrogens with two attached hydrogens (primary N) is 1. The molecule has 1 heterocycles. The number of hydrogen-bond donors (Lipinski definition) is 2. The zero-order valence-corrected chi connectivity index (χ0v) is 11.1. The van der Waals surface area contributed by atoms with Gasteiger partial charge in [0.2, 0.25) is 0 Å². The average molecular weight is 322 g/mol. The first-order valence-electron chi connectivity index (χ1n) is 3.50. The summed E-state index contributed by atoms with van der Waals surface area (Å²) in [6, 6.07) is 1.70. The Bertz CT molecular complexity index is 379. The molecule has 0 aromatic carbocycles. The van der Waals surface area contributed by atoms with Gasteiger partial charge in [-0.15, -0.1) is 23.7 Å². The third-order valence-electron chi connectivity index (χ3n) is 1.26. The minimum Gasteiger partial charge on any atom is -0.329 e. The van der Waals surface area contributed by atoms with Gasteiger partial charge in [0.1, 0.15) is 4.21 Å². The largest absolute Gasteiger partial charge is 0.329 e. The number of nitrogens with one attached hydrogen (secondary N) is 1. The minimum atomic E-state index is -3.37. The summed E-state index contributed by atoms with van der Waals surface area (Å²) < 4.78 is 26.2. The van der Waals surface area contributed by atoms with Crippen molar-refractivity contribution < 1.29 is 8.42 Å². The molecule has 0 spiro atoms. The molecule has 0 saturated carbocycles. The lowest BCUT2D eigenvalue weighted by Gasteiger charge is -2.02. The van der Waals surface area contributed by atoms with E-state index in [1.807, 2.05) is 0 Å². The molecule has 0 fully saturated rings. The number of halogens is 2. The highest BCUT2D eigenvalue weighted by atomic mass is 79.9. The Morgan fingerprint density at radius 2 is 2.21 bits per heavy atom. The van der Waals surface area contributed by atoms with Crippen molar-refractivity contribution >= 4 is 49.7 Å². The molecule has 0 aliphatic carbocycles. The quantitative estimate of drug-likeness (QED) is 0.874. The third kappa shape index (κ3) is 3.48. The lowest BCUT2D eigenvalue weighted by atomic mass is 10.7. The van der Waals surface area contributed by atoms with E-state index >= 15 is 0 Å². The maximum atomic E-state index is 11.5. The fraction of sp³-hybridized carbons (Fsp3) is 0.333. The molecule has 1 aromatic heterocycles. The number of thiophene rings is 1. The molecule has 14 heavy (non-hydrogen) atoms. The monoisotopic (exact) mass is 320 g/mol. The van der Waals surface area contributed by atoms with Crippen molar-refractivity contribution in [2.75, 3.05) is 13.1 Å². The first-order chi connectivity index (χ1) is 6.08. The molecule has 0 bridgehead atoms. The van der Waals surface area contributed by atoms with E-state index in [9.17, 15) is 8.42 Å². The summed E-state index contributed by atoms with van der Waals surface area (Å²) in [7, 11) is -3.37. The Hall–Kier alpha value is 0.340. The van der Waals surface area contributed by atoms with Gasteiger partial charge in [0.05, 0.1) is 0 Å². The van der Waals surface area contributed by atoms with Crippen molar-refractivity contribution in [2.45, 2.75) is 4.21 Å². The van der Waals surface area contributed by atoms with Crippen LogP contribution in [0.3, 0.4) is 0 Å². The van der Waals surface area contributed by atoms with Crippen molar-refractivity contribution in [2.24, 2.45) is 5.73 Å². The molecule has 0 saturated heterocycles. The third-order valence-corrected chi connectivity index (χ3v) is 5.40. The second kappa shape index (κ2) is 6.04. The lowest BCUT2D eigenvalue weighted by molar-refractivity contribution is 0.584. The van der Waals surface area contributed by atoms with Crippen LogP contribution in [-0.4, -0.2) is 21.5 Å². The second-order valence-corrected chi connectivity index (χ2v) is 5.98. The Morgan fingerprint density at radius 3 is 2.64 bits per heavy atom. The topological polar surface area (TPSA) is 72.2 Å². The van der Waals surface area contributed by atoms with E-state index in [-0.39, 0.29) is 19.0 Å². The van der Waals surface area contributed by atoms with Crippen LogP contribution in [0.2, 0.25) is 0 Å². The van der Waals surface area contributed by atoms with Crippen molar-refractivity contribution in [3.05, 3.63) is 15.9 Å². The van der Waals surface area contributed by atoms with E-state index in [1.54, 1.807) is 11.4 Å². The molecule has 3 N–H and O–H groups in total. The van der Waals surface area contributed by atoms with Crippen LogP contribution in [0.5, 0.6) is 0 Å². The summed E-state index contributed by atoms with van der Waals surface area (Å²) in [6.45, 7) is 0.550. The fourth-order valence-electron chi connectivity index (χ4n) is 0.730. The summed E-state index contributed by atoms with van der Waals surface area (Å²) in [5.41, 5.74) is 5.19. The molecule has 1 rings (SSSR count). The van der Waals surface area contributed by atoms with Crippen molar-refractivity contribution in [1.29, 1.82) is 0 Å². The molecule has 8 heteroatoms. The highest BCUT2D eigenvalue weighted by Crippen LogP contribution is 2.26. The van der Waals surface area contributed by atoms with E-state index in [0.717, 1.165) is 0 Å². The predicted molar refractivity (Wildman–Crippen MR) is 63.5 cm³/mol. The number of rotatable bonds is 4. The molecule has 0 unspecified atom stereocenters. The maximum absolute atomic E-state index is 11.5. The molecule has 82 valence electrons. The fourth-order valence-corrected chi connectivity index (χ4v) is 4.16. The van der Waals surface area contributed by atoms with Gasteiger partial charge in [-0.05, 0) is 27.4 Å². The summed E-state index contributed by atoms with van der Waals surface area (Å²) >= 11 is 4.32. The van der Waals surface area contributed by atoms with Crippen LogP contribution in [0.25, 0.3) is 0 Å². The second-order valence-electron chi connectivity index (χ2n) is 2.24. The maximum Gasteiger partial charge on any atom is 0.251 e. The van der Waals surface area contributed by atoms with Gasteiger partial charge in [-0.3, -0.25) is 0 Å². The van der Waals surface area contributed by atoms with E-state index in [0.29, 0.717) is 15.2 Å². The molecule has 0 atom stereocenters.